The van der Waals surface area contributed by atoms with Crippen molar-refractivity contribution in [2.75, 3.05) is 31.9 Å². The SMILES string of the molecule is Nc1ccccc1C(=O)N1CCN(C2c3ccccc3CCc3ccccc32)CC1. The molecule has 1 amide bonds. The molecule has 0 bridgehead atoms. The van der Waals surface area contributed by atoms with E-state index in [0.29, 0.717) is 24.3 Å². The van der Waals surface area contributed by atoms with Gasteiger partial charge in [0.25, 0.3) is 5.91 Å². The van der Waals surface area contributed by atoms with Gasteiger partial charge in [0.1, 0.15) is 0 Å². The van der Waals surface area contributed by atoms with Gasteiger partial charge in [0, 0.05) is 31.9 Å². The largest absolute Gasteiger partial charge is 0.398 e. The fourth-order valence-corrected chi connectivity index (χ4v) is 4.93. The van der Waals surface area contributed by atoms with E-state index in [4.69, 9.17) is 5.73 Å². The number of carbonyl (C=O) groups is 1. The highest BCUT2D eigenvalue weighted by atomic mass is 16.2. The molecule has 30 heavy (non-hydrogen) atoms. The zero-order valence-electron chi connectivity index (χ0n) is 17.1. The van der Waals surface area contributed by atoms with Crippen LogP contribution in [0, 0.1) is 0 Å². The molecule has 0 unspecified atom stereocenters. The molecule has 4 heteroatoms. The molecule has 1 aliphatic heterocycles. The van der Waals surface area contributed by atoms with E-state index in [1.54, 1.807) is 6.07 Å². The second kappa shape index (κ2) is 7.96. The Morgan fingerprint density at radius 2 is 1.27 bits per heavy atom. The molecular weight excluding hydrogens is 370 g/mol. The number of nitrogens with zero attached hydrogens (tertiary/aromatic N) is 2. The summed E-state index contributed by atoms with van der Waals surface area (Å²) in [5.41, 5.74) is 12.9. The first-order valence-corrected chi connectivity index (χ1v) is 10.8. The molecule has 0 saturated carbocycles. The van der Waals surface area contributed by atoms with Crippen molar-refractivity contribution >= 4 is 11.6 Å². The second-order valence-corrected chi connectivity index (χ2v) is 8.22. The zero-order chi connectivity index (χ0) is 20.5. The highest BCUT2D eigenvalue weighted by molar-refractivity contribution is 5.99. The molecule has 1 aliphatic carbocycles. The van der Waals surface area contributed by atoms with Gasteiger partial charge >= 0.3 is 0 Å². The van der Waals surface area contributed by atoms with E-state index in [-0.39, 0.29) is 11.9 Å². The molecule has 2 aliphatic rings. The van der Waals surface area contributed by atoms with E-state index in [9.17, 15) is 4.79 Å². The number of anilines is 1. The number of nitrogens with two attached hydrogens (primary N) is 1. The van der Waals surface area contributed by atoms with Crippen molar-refractivity contribution in [3.8, 4) is 0 Å². The Labute approximate surface area is 177 Å². The van der Waals surface area contributed by atoms with Gasteiger partial charge in [0.05, 0.1) is 11.6 Å². The third-order valence-electron chi connectivity index (χ3n) is 6.52. The van der Waals surface area contributed by atoms with Gasteiger partial charge in [-0.2, -0.15) is 0 Å². The van der Waals surface area contributed by atoms with Crippen LogP contribution in [0.1, 0.15) is 38.7 Å². The van der Waals surface area contributed by atoms with Crippen molar-refractivity contribution in [3.63, 3.8) is 0 Å². The van der Waals surface area contributed by atoms with Gasteiger partial charge in [-0.15, -0.1) is 0 Å². The Bertz CT molecular complexity index is 1020. The summed E-state index contributed by atoms with van der Waals surface area (Å²) in [5, 5.41) is 0. The molecule has 3 aromatic carbocycles. The average Bonchev–Trinajstić information content (AvgIpc) is 2.96. The summed E-state index contributed by atoms with van der Waals surface area (Å²) < 4.78 is 0. The molecule has 0 atom stereocenters. The fraction of sp³-hybridized carbons (Fsp3) is 0.269. The van der Waals surface area contributed by atoms with E-state index in [2.05, 4.69) is 53.4 Å². The lowest BCUT2D eigenvalue weighted by Crippen LogP contribution is -2.50. The van der Waals surface area contributed by atoms with Gasteiger partial charge in [-0.25, -0.2) is 0 Å². The molecule has 2 N–H and O–H groups in total. The number of benzene rings is 3. The molecule has 3 aromatic rings. The maximum atomic E-state index is 13.0. The smallest absolute Gasteiger partial charge is 0.256 e. The van der Waals surface area contributed by atoms with Crippen LogP contribution in [0.15, 0.2) is 72.8 Å². The number of hydrogen-bond donors (Lipinski definition) is 1. The Balaban J connectivity index is 1.41. The highest BCUT2D eigenvalue weighted by Crippen LogP contribution is 2.37. The van der Waals surface area contributed by atoms with Crippen LogP contribution < -0.4 is 5.73 Å². The summed E-state index contributed by atoms with van der Waals surface area (Å²) >= 11 is 0. The van der Waals surface area contributed by atoms with Crippen molar-refractivity contribution in [2.45, 2.75) is 18.9 Å². The Morgan fingerprint density at radius 1 is 0.733 bits per heavy atom. The van der Waals surface area contributed by atoms with Crippen LogP contribution in [0.5, 0.6) is 0 Å². The third-order valence-corrected chi connectivity index (χ3v) is 6.52. The predicted octanol–water partition coefficient (Wildman–Crippen LogP) is 3.91. The van der Waals surface area contributed by atoms with E-state index in [1.165, 1.54) is 22.3 Å². The van der Waals surface area contributed by atoms with Crippen LogP contribution in [0.25, 0.3) is 0 Å². The minimum Gasteiger partial charge on any atom is -0.398 e. The summed E-state index contributed by atoms with van der Waals surface area (Å²) in [6, 6.07) is 25.3. The maximum absolute atomic E-state index is 13.0. The first-order chi connectivity index (χ1) is 14.7. The topological polar surface area (TPSA) is 49.6 Å². The number of aryl methyl sites for hydroxylation is 2. The summed E-state index contributed by atoms with van der Waals surface area (Å²) in [4.78, 5) is 17.5. The predicted molar refractivity (Wildman–Crippen MR) is 120 cm³/mol. The highest BCUT2D eigenvalue weighted by Gasteiger charge is 2.32. The minimum absolute atomic E-state index is 0.0365. The second-order valence-electron chi connectivity index (χ2n) is 8.22. The van der Waals surface area contributed by atoms with Crippen molar-refractivity contribution in [2.24, 2.45) is 0 Å². The first kappa shape index (κ1) is 18.9. The van der Waals surface area contributed by atoms with Gasteiger partial charge in [-0.05, 0) is 47.2 Å². The third kappa shape index (κ3) is 3.37. The minimum atomic E-state index is 0.0365. The molecule has 0 aromatic heterocycles. The number of amides is 1. The molecule has 5 rings (SSSR count). The van der Waals surface area contributed by atoms with E-state index in [1.807, 2.05) is 23.1 Å². The van der Waals surface area contributed by atoms with Gasteiger partial charge in [0.15, 0.2) is 0 Å². The summed E-state index contributed by atoms with van der Waals surface area (Å²) in [6.45, 7) is 3.14. The van der Waals surface area contributed by atoms with Crippen molar-refractivity contribution in [1.29, 1.82) is 0 Å². The number of hydrogen-bond acceptors (Lipinski definition) is 3. The lowest BCUT2D eigenvalue weighted by molar-refractivity contribution is 0.0598. The van der Waals surface area contributed by atoms with Gasteiger partial charge < -0.3 is 10.6 Å². The van der Waals surface area contributed by atoms with Crippen LogP contribution in [-0.2, 0) is 12.8 Å². The molecule has 1 saturated heterocycles. The maximum Gasteiger partial charge on any atom is 0.256 e. The van der Waals surface area contributed by atoms with Crippen molar-refractivity contribution < 1.29 is 4.79 Å². The zero-order valence-corrected chi connectivity index (χ0v) is 17.1. The number of nitrogen functional groups attached to an aromatic ring is 1. The monoisotopic (exact) mass is 397 g/mol. The summed E-state index contributed by atoms with van der Waals surface area (Å²) in [7, 11) is 0. The number of rotatable bonds is 2. The van der Waals surface area contributed by atoms with Gasteiger partial charge in [-0.3, -0.25) is 9.69 Å². The van der Waals surface area contributed by atoms with Gasteiger partial charge in [0.2, 0.25) is 0 Å². The lowest BCUT2D eigenvalue weighted by Gasteiger charge is -2.40. The van der Waals surface area contributed by atoms with E-state index < -0.39 is 0 Å². The molecule has 1 fully saturated rings. The standard InChI is InChI=1S/C26H27N3O/c27-24-12-6-5-11-23(24)26(30)29-17-15-28(16-18-29)25-21-9-3-1-7-19(21)13-14-20-8-2-4-10-22(20)25/h1-12,25H,13-18,27H2. The fourth-order valence-electron chi connectivity index (χ4n) is 4.93. The van der Waals surface area contributed by atoms with Crippen molar-refractivity contribution in [3.05, 3.63) is 101 Å². The number of fused-ring (bicyclic) bond motifs is 2. The molecule has 4 nitrogen and oxygen atoms in total. The lowest BCUT2D eigenvalue weighted by atomic mass is 9.92. The van der Waals surface area contributed by atoms with E-state index >= 15 is 0 Å². The normalized spacial score (nSPS) is 17.1. The molecule has 0 radical (unpaired) electrons. The number of piperazine rings is 1. The number of para-hydroxylation sites is 1. The number of carbonyl (C=O) groups excluding carboxylic acids is 1. The van der Waals surface area contributed by atoms with E-state index in [0.717, 1.165) is 25.9 Å². The Kier molecular flexibility index (Phi) is 5.01. The van der Waals surface area contributed by atoms with Crippen LogP contribution in [0.4, 0.5) is 5.69 Å². The molecule has 152 valence electrons. The molecular formula is C26H27N3O. The quantitative estimate of drug-likeness (QED) is 0.667. The van der Waals surface area contributed by atoms with Crippen LogP contribution in [-0.4, -0.2) is 41.9 Å². The summed E-state index contributed by atoms with van der Waals surface area (Å²) in [6.07, 6.45) is 2.16. The Morgan fingerprint density at radius 3 is 1.87 bits per heavy atom. The van der Waals surface area contributed by atoms with Gasteiger partial charge in [-0.1, -0.05) is 60.7 Å². The molecule has 1 heterocycles. The van der Waals surface area contributed by atoms with Crippen molar-refractivity contribution in [1.82, 2.24) is 9.80 Å². The summed E-state index contributed by atoms with van der Waals surface area (Å²) in [5.74, 6) is 0.0365. The van der Waals surface area contributed by atoms with Crippen LogP contribution >= 0.6 is 0 Å². The van der Waals surface area contributed by atoms with Crippen LogP contribution in [0.2, 0.25) is 0 Å². The average molecular weight is 398 g/mol. The molecule has 0 spiro atoms. The van der Waals surface area contributed by atoms with Crippen LogP contribution in [0.3, 0.4) is 0 Å². The Hall–Kier alpha value is -3.11. The first-order valence-electron chi connectivity index (χ1n) is 10.8.